The maximum Gasteiger partial charge on any atom is 0.232 e. The maximum absolute atomic E-state index is 12.7. The van der Waals surface area contributed by atoms with Crippen molar-refractivity contribution in [1.29, 1.82) is 0 Å². The fourth-order valence-corrected chi connectivity index (χ4v) is 4.15. The summed E-state index contributed by atoms with van der Waals surface area (Å²) >= 11 is 0. The lowest BCUT2D eigenvalue weighted by atomic mass is 10.3. The van der Waals surface area contributed by atoms with E-state index in [1.807, 2.05) is 82.3 Å². The van der Waals surface area contributed by atoms with E-state index < -0.39 is 10.8 Å². The molecule has 152 valence electrons. The quantitative estimate of drug-likeness (QED) is 0.476. The molecule has 0 aliphatic rings. The Morgan fingerprint density at radius 2 is 1.77 bits per heavy atom. The molecule has 0 aliphatic carbocycles. The fourth-order valence-electron chi connectivity index (χ4n) is 3.10. The minimum Gasteiger partial charge on any atom is -0.350 e. The minimum atomic E-state index is -1.37. The summed E-state index contributed by atoms with van der Waals surface area (Å²) in [6.07, 6.45) is 7.23. The lowest BCUT2D eigenvalue weighted by Gasteiger charge is -2.11. The predicted octanol–water partition coefficient (Wildman–Crippen LogP) is 2.62. The summed E-state index contributed by atoms with van der Waals surface area (Å²) in [6.45, 7) is 0.317. The first-order chi connectivity index (χ1) is 14.7. The Kier molecular flexibility index (Phi) is 6.14. The summed E-state index contributed by atoms with van der Waals surface area (Å²) in [5.41, 5.74) is 2.48. The zero-order valence-electron chi connectivity index (χ0n) is 16.2. The van der Waals surface area contributed by atoms with E-state index in [-0.39, 0.29) is 17.4 Å². The highest BCUT2D eigenvalue weighted by Gasteiger charge is 2.17. The maximum atomic E-state index is 12.7. The topological polar surface area (TPSA) is 81.8 Å². The first kappa shape index (κ1) is 19.8. The first-order valence-corrected chi connectivity index (χ1v) is 11.0. The van der Waals surface area contributed by atoms with Gasteiger partial charge in [0.05, 0.1) is 29.9 Å². The highest BCUT2D eigenvalue weighted by atomic mass is 32.2. The molecule has 3 aromatic heterocycles. The molecule has 0 bridgehead atoms. The Balaban J connectivity index is 1.47. The zero-order chi connectivity index (χ0) is 20.8. The third-order valence-corrected chi connectivity index (χ3v) is 5.69. The molecule has 8 heteroatoms. The Morgan fingerprint density at radius 1 is 1.00 bits per heavy atom. The smallest absolute Gasteiger partial charge is 0.232 e. The van der Waals surface area contributed by atoms with E-state index in [0.29, 0.717) is 6.54 Å². The Labute approximate surface area is 176 Å². The van der Waals surface area contributed by atoms with Gasteiger partial charge in [0.15, 0.2) is 0 Å². The van der Waals surface area contributed by atoms with Gasteiger partial charge in [-0.3, -0.25) is 14.0 Å². The van der Waals surface area contributed by atoms with Gasteiger partial charge in [-0.15, -0.1) is 0 Å². The largest absolute Gasteiger partial charge is 0.350 e. The number of hydrogen-bond acceptors (Lipinski definition) is 4. The molecule has 1 aromatic carbocycles. The Bertz CT molecular complexity index is 1130. The van der Waals surface area contributed by atoms with Gasteiger partial charge >= 0.3 is 0 Å². The number of amides is 1. The molecule has 0 spiro atoms. The van der Waals surface area contributed by atoms with Gasteiger partial charge in [0, 0.05) is 35.0 Å². The van der Waals surface area contributed by atoms with Crippen molar-refractivity contribution in [2.24, 2.45) is 0 Å². The molecule has 0 aliphatic heterocycles. The number of rotatable bonds is 8. The van der Waals surface area contributed by atoms with Crippen LogP contribution in [0.3, 0.4) is 0 Å². The van der Waals surface area contributed by atoms with Crippen molar-refractivity contribution in [1.82, 2.24) is 24.6 Å². The standard InChI is InChI=1S/C22H21N5O2S/c28-21(24-15-19-8-4-5-11-23-19)17-30(29)16-18-14-25-27(20-9-2-1-3-10-20)22(18)26-12-6-7-13-26/h1-14H,15-17H2,(H,24,28). The van der Waals surface area contributed by atoms with Crippen molar-refractivity contribution in [3.63, 3.8) is 0 Å². The molecular weight excluding hydrogens is 398 g/mol. The normalized spacial score (nSPS) is 11.9. The van der Waals surface area contributed by atoms with Gasteiger partial charge in [0.1, 0.15) is 11.6 Å². The lowest BCUT2D eigenvalue weighted by molar-refractivity contribution is -0.118. The van der Waals surface area contributed by atoms with Crippen LogP contribution in [-0.2, 0) is 27.9 Å². The average Bonchev–Trinajstić information content (AvgIpc) is 3.43. The van der Waals surface area contributed by atoms with Gasteiger partial charge < -0.3 is 9.88 Å². The number of aromatic nitrogens is 4. The van der Waals surface area contributed by atoms with Crippen LogP contribution in [0.5, 0.6) is 0 Å². The Morgan fingerprint density at radius 3 is 2.50 bits per heavy atom. The molecular formula is C22H21N5O2S. The summed E-state index contributed by atoms with van der Waals surface area (Å²) < 4.78 is 16.4. The molecule has 4 aromatic rings. The molecule has 3 heterocycles. The zero-order valence-corrected chi connectivity index (χ0v) is 17.0. The van der Waals surface area contributed by atoms with E-state index in [4.69, 9.17) is 0 Å². The summed E-state index contributed by atoms with van der Waals surface area (Å²) in [4.78, 5) is 16.4. The number of para-hydroxylation sites is 1. The Hall–Kier alpha value is -3.52. The molecule has 0 fully saturated rings. The van der Waals surface area contributed by atoms with Crippen LogP contribution >= 0.6 is 0 Å². The van der Waals surface area contributed by atoms with E-state index in [0.717, 1.165) is 22.8 Å². The molecule has 1 N–H and O–H groups in total. The summed E-state index contributed by atoms with van der Waals surface area (Å²) in [5, 5.41) is 7.27. The molecule has 1 atom stereocenters. The van der Waals surface area contributed by atoms with Crippen molar-refractivity contribution in [3.05, 3.63) is 96.7 Å². The van der Waals surface area contributed by atoms with Crippen molar-refractivity contribution in [2.75, 3.05) is 5.75 Å². The number of hydrogen-bond donors (Lipinski definition) is 1. The second kappa shape index (κ2) is 9.32. The van der Waals surface area contributed by atoms with Gasteiger partial charge in [-0.1, -0.05) is 24.3 Å². The minimum absolute atomic E-state index is 0.0749. The van der Waals surface area contributed by atoms with Crippen LogP contribution < -0.4 is 5.32 Å². The predicted molar refractivity (Wildman–Crippen MR) is 116 cm³/mol. The number of nitrogens with zero attached hydrogens (tertiary/aromatic N) is 4. The van der Waals surface area contributed by atoms with E-state index in [1.54, 1.807) is 12.4 Å². The highest BCUT2D eigenvalue weighted by molar-refractivity contribution is 7.84. The number of carbonyl (C=O) groups is 1. The second-order valence-corrected chi connectivity index (χ2v) is 8.11. The lowest BCUT2D eigenvalue weighted by Crippen LogP contribution is -2.28. The molecule has 7 nitrogen and oxygen atoms in total. The number of nitrogens with one attached hydrogen (secondary N) is 1. The highest BCUT2D eigenvalue weighted by Crippen LogP contribution is 2.21. The van der Waals surface area contributed by atoms with Crippen molar-refractivity contribution >= 4 is 16.7 Å². The van der Waals surface area contributed by atoms with Gasteiger partial charge in [0.2, 0.25) is 5.91 Å². The van der Waals surface area contributed by atoms with Gasteiger partial charge in [-0.25, -0.2) is 4.68 Å². The molecule has 30 heavy (non-hydrogen) atoms. The fraction of sp³-hybridized carbons (Fsp3) is 0.136. The third-order valence-electron chi connectivity index (χ3n) is 4.47. The van der Waals surface area contributed by atoms with Crippen molar-refractivity contribution < 1.29 is 9.00 Å². The van der Waals surface area contributed by atoms with E-state index in [2.05, 4.69) is 15.4 Å². The van der Waals surface area contributed by atoms with E-state index in [1.165, 1.54) is 0 Å². The van der Waals surface area contributed by atoms with Crippen LogP contribution in [0.15, 0.2) is 85.5 Å². The third kappa shape index (κ3) is 4.72. The monoisotopic (exact) mass is 419 g/mol. The van der Waals surface area contributed by atoms with Crippen LogP contribution in [0, 0.1) is 0 Å². The molecule has 1 unspecified atom stereocenters. The number of benzene rings is 1. The van der Waals surface area contributed by atoms with Gasteiger partial charge in [-0.05, 0) is 36.4 Å². The van der Waals surface area contributed by atoms with Crippen LogP contribution in [-0.4, -0.2) is 35.2 Å². The summed E-state index contributed by atoms with van der Waals surface area (Å²) in [6, 6.07) is 19.1. The van der Waals surface area contributed by atoms with Crippen LogP contribution in [0.1, 0.15) is 11.3 Å². The van der Waals surface area contributed by atoms with Crippen LogP contribution in [0.2, 0.25) is 0 Å². The van der Waals surface area contributed by atoms with E-state index >= 15 is 0 Å². The van der Waals surface area contributed by atoms with Crippen LogP contribution in [0.4, 0.5) is 0 Å². The number of carbonyl (C=O) groups excluding carboxylic acids is 1. The van der Waals surface area contributed by atoms with Crippen LogP contribution in [0.25, 0.3) is 11.5 Å². The second-order valence-electron chi connectivity index (χ2n) is 6.66. The molecule has 4 rings (SSSR count). The van der Waals surface area contributed by atoms with Gasteiger partial charge in [0.25, 0.3) is 0 Å². The molecule has 1 amide bonds. The van der Waals surface area contributed by atoms with E-state index in [9.17, 15) is 9.00 Å². The average molecular weight is 420 g/mol. The van der Waals surface area contributed by atoms with Crippen molar-refractivity contribution in [3.8, 4) is 11.5 Å². The van der Waals surface area contributed by atoms with Crippen molar-refractivity contribution in [2.45, 2.75) is 12.3 Å². The first-order valence-electron chi connectivity index (χ1n) is 9.48. The summed E-state index contributed by atoms with van der Waals surface area (Å²) in [5.74, 6) is 0.705. The SMILES string of the molecule is O=C(CS(=O)Cc1cnn(-c2ccccc2)c1-n1cccc1)NCc1ccccn1. The molecule has 0 saturated heterocycles. The number of pyridine rings is 1. The molecule has 0 saturated carbocycles. The molecule has 0 radical (unpaired) electrons. The summed E-state index contributed by atoms with van der Waals surface area (Å²) in [7, 11) is -1.37. The van der Waals surface area contributed by atoms with Gasteiger partial charge in [-0.2, -0.15) is 5.10 Å².